The highest BCUT2D eigenvalue weighted by Gasteiger charge is 2.21. The van der Waals surface area contributed by atoms with Crippen LogP contribution in [-0.2, 0) is 15.6 Å². The first-order valence-electron chi connectivity index (χ1n) is 5.22. The molecule has 0 unspecified atom stereocenters. The van der Waals surface area contributed by atoms with Gasteiger partial charge in [-0.05, 0) is 24.6 Å². The number of carboxylic acid groups (broad SMARTS) is 1. The molecule has 0 atom stereocenters. The van der Waals surface area contributed by atoms with Crippen molar-refractivity contribution in [1.82, 2.24) is 10.1 Å². The summed E-state index contributed by atoms with van der Waals surface area (Å²) in [6.45, 7) is 1.59. The summed E-state index contributed by atoms with van der Waals surface area (Å²) in [7, 11) is -3.72. The first-order chi connectivity index (χ1) is 8.90. The summed E-state index contributed by atoms with van der Waals surface area (Å²) < 4.78 is 28.8. The number of aryl methyl sites for hydroxylation is 1. The largest absolute Gasteiger partial charge is 0.478 e. The van der Waals surface area contributed by atoms with Crippen LogP contribution in [0.2, 0.25) is 0 Å². The van der Waals surface area contributed by atoms with E-state index >= 15 is 0 Å². The SMILES string of the molecule is Cc1ccc(C(=O)O)cc1S(=O)(=O)Cc1ncon1. The average molecular weight is 282 g/mol. The topological polar surface area (TPSA) is 110 Å². The number of carbonyl (C=O) groups is 1. The summed E-state index contributed by atoms with van der Waals surface area (Å²) in [6.07, 6.45) is 1.03. The molecule has 0 radical (unpaired) electrons. The summed E-state index contributed by atoms with van der Waals surface area (Å²) in [5, 5.41) is 12.3. The summed E-state index contributed by atoms with van der Waals surface area (Å²) in [4.78, 5) is 14.5. The normalized spacial score (nSPS) is 11.4. The third-order valence-corrected chi connectivity index (χ3v) is 4.24. The monoisotopic (exact) mass is 282 g/mol. The van der Waals surface area contributed by atoms with Crippen LogP contribution < -0.4 is 0 Å². The minimum absolute atomic E-state index is 0.0279. The second kappa shape index (κ2) is 4.81. The molecule has 0 saturated carbocycles. The third kappa shape index (κ3) is 2.79. The fourth-order valence-corrected chi connectivity index (χ4v) is 3.06. The zero-order chi connectivity index (χ0) is 14.0. The molecule has 0 aliphatic heterocycles. The van der Waals surface area contributed by atoms with Gasteiger partial charge in [-0.15, -0.1) is 0 Å². The fraction of sp³-hybridized carbons (Fsp3) is 0.182. The van der Waals surface area contributed by atoms with Gasteiger partial charge in [-0.3, -0.25) is 0 Å². The van der Waals surface area contributed by atoms with Crippen LogP contribution in [0.25, 0.3) is 0 Å². The predicted molar refractivity (Wildman–Crippen MR) is 63.3 cm³/mol. The molecule has 1 heterocycles. The Morgan fingerprint density at radius 2 is 2.16 bits per heavy atom. The van der Waals surface area contributed by atoms with E-state index in [-0.39, 0.29) is 16.3 Å². The van der Waals surface area contributed by atoms with Crippen molar-refractivity contribution in [2.24, 2.45) is 0 Å². The Hall–Kier alpha value is -2.22. The summed E-state index contributed by atoms with van der Waals surface area (Å²) >= 11 is 0. The number of hydrogen-bond donors (Lipinski definition) is 1. The van der Waals surface area contributed by atoms with E-state index < -0.39 is 21.6 Å². The molecule has 0 aliphatic carbocycles. The maximum absolute atomic E-state index is 12.2. The van der Waals surface area contributed by atoms with Crippen LogP contribution >= 0.6 is 0 Å². The van der Waals surface area contributed by atoms with Gasteiger partial charge in [0.25, 0.3) is 0 Å². The Morgan fingerprint density at radius 1 is 1.42 bits per heavy atom. The van der Waals surface area contributed by atoms with Crippen LogP contribution in [0.5, 0.6) is 0 Å². The van der Waals surface area contributed by atoms with Crippen LogP contribution in [0.4, 0.5) is 0 Å². The Bertz CT molecular complexity index is 707. The van der Waals surface area contributed by atoms with Crippen LogP contribution in [0.15, 0.2) is 34.0 Å². The van der Waals surface area contributed by atoms with Gasteiger partial charge in [-0.25, -0.2) is 13.2 Å². The molecule has 7 nitrogen and oxygen atoms in total. The van der Waals surface area contributed by atoms with E-state index in [0.717, 1.165) is 12.5 Å². The quantitative estimate of drug-likeness (QED) is 0.892. The van der Waals surface area contributed by atoms with Gasteiger partial charge >= 0.3 is 5.97 Å². The van der Waals surface area contributed by atoms with E-state index in [4.69, 9.17) is 5.11 Å². The predicted octanol–water partition coefficient (Wildman–Crippen LogP) is 1.05. The van der Waals surface area contributed by atoms with Gasteiger partial charge in [-0.1, -0.05) is 11.2 Å². The number of hydrogen-bond acceptors (Lipinski definition) is 6. The fourth-order valence-electron chi connectivity index (χ4n) is 1.57. The molecule has 0 amide bonds. The number of rotatable bonds is 4. The number of aromatic carboxylic acids is 1. The van der Waals surface area contributed by atoms with Crippen molar-refractivity contribution in [3.63, 3.8) is 0 Å². The van der Waals surface area contributed by atoms with Gasteiger partial charge in [0.05, 0.1) is 10.5 Å². The minimum atomic E-state index is -3.72. The van der Waals surface area contributed by atoms with E-state index in [1.54, 1.807) is 6.92 Å². The van der Waals surface area contributed by atoms with Crippen LogP contribution in [0.1, 0.15) is 21.7 Å². The number of nitrogens with zero attached hydrogens (tertiary/aromatic N) is 2. The highest BCUT2D eigenvalue weighted by molar-refractivity contribution is 7.90. The van der Waals surface area contributed by atoms with E-state index in [1.807, 2.05) is 0 Å². The molecular formula is C11H10N2O5S. The summed E-state index contributed by atoms with van der Waals surface area (Å²) in [5.41, 5.74) is 0.380. The van der Waals surface area contributed by atoms with Gasteiger partial charge in [0, 0.05) is 0 Å². The highest BCUT2D eigenvalue weighted by Crippen LogP contribution is 2.20. The first-order valence-corrected chi connectivity index (χ1v) is 6.87. The molecule has 1 aromatic heterocycles. The summed E-state index contributed by atoms with van der Waals surface area (Å²) in [5.74, 6) is -1.59. The summed E-state index contributed by atoms with van der Waals surface area (Å²) in [6, 6.07) is 3.94. The molecule has 0 spiro atoms. The smallest absolute Gasteiger partial charge is 0.335 e. The number of carboxylic acids is 1. The lowest BCUT2D eigenvalue weighted by Crippen LogP contribution is -2.09. The highest BCUT2D eigenvalue weighted by atomic mass is 32.2. The van der Waals surface area contributed by atoms with Crippen molar-refractivity contribution in [2.45, 2.75) is 17.6 Å². The van der Waals surface area contributed by atoms with Gasteiger partial charge in [0.2, 0.25) is 6.39 Å². The lowest BCUT2D eigenvalue weighted by atomic mass is 10.1. The van der Waals surface area contributed by atoms with Crippen molar-refractivity contribution in [3.05, 3.63) is 41.5 Å². The van der Waals surface area contributed by atoms with E-state index in [2.05, 4.69) is 14.7 Å². The molecule has 100 valence electrons. The van der Waals surface area contributed by atoms with E-state index in [9.17, 15) is 13.2 Å². The van der Waals surface area contributed by atoms with Gasteiger partial charge in [0.1, 0.15) is 5.75 Å². The van der Waals surface area contributed by atoms with Crippen LogP contribution in [0.3, 0.4) is 0 Å². The molecule has 1 aromatic carbocycles. The second-order valence-electron chi connectivity index (χ2n) is 3.89. The average Bonchev–Trinajstić information content (AvgIpc) is 2.81. The Kier molecular flexibility index (Phi) is 3.34. The number of sulfone groups is 1. The molecule has 2 rings (SSSR count). The van der Waals surface area contributed by atoms with Crippen LogP contribution in [-0.4, -0.2) is 29.6 Å². The van der Waals surface area contributed by atoms with E-state index in [1.165, 1.54) is 12.1 Å². The van der Waals surface area contributed by atoms with Crippen LogP contribution in [0, 0.1) is 6.92 Å². The zero-order valence-electron chi connectivity index (χ0n) is 9.90. The Morgan fingerprint density at radius 3 is 2.74 bits per heavy atom. The second-order valence-corrected chi connectivity index (χ2v) is 5.85. The van der Waals surface area contributed by atoms with Gasteiger partial charge in [0.15, 0.2) is 15.7 Å². The standard InChI is InChI=1S/C11H10N2O5S/c1-7-2-3-8(11(14)15)4-9(7)19(16,17)5-10-12-6-18-13-10/h2-4,6H,5H2,1H3,(H,14,15). The first kappa shape index (κ1) is 13.2. The van der Waals surface area contributed by atoms with Crippen molar-refractivity contribution in [2.75, 3.05) is 0 Å². The third-order valence-electron chi connectivity index (χ3n) is 2.50. The maximum atomic E-state index is 12.2. The molecule has 0 fully saturated rings. The molecule has 0 aliphatic rings. The lowest BCUT2D eigenvalue weighted by Gasteiger charge is -2.07. The molecular weight excluding hydrogens is 272 g/mol. The molecule has 2 aromatic rings. The van der Waals surface area contributed by atoms with Gasteiger partial charge < -0.3 is 9.63 Å². The van der Waals surface area contributed by atoms with Crippen molar-refractivity contribution in [1.29, 1.82) is 0 Å². The zero-order valence-corrected chi connectivity index (χ0v) is 10.7. The Labute approximate surface area is 108 Å². The molecule has 1 N–H and O–H groups in total. The Balaban J connectivity index is 2.45. The molecule has 19 heavy (non-hydrogen) atoms. The van der Waals surface area contributed by atoms with Crippen molar-refractivity contribution in [3.8, 4) is 0 Å². The molecule has 8 heteroatoms. The molecule has 0 bridgehead atoms. The molecule has 0 saturated heterocycles. The lowest BCUT2D eigenvalue weighted by molar-refractivity contribution is 0.0696. The van der Waals surface area contributed by atoms with E-state index in [0.29, 0.717) is 5.56 Å². The van der Waals surface area contributed by atoms with Gasteiger partial charge in [-0.2, -0.15) is 4.98 Å². The maximum Gasteiger partial charge on any atom is 0.335 e. The minimum Gasteiger partial charge on any atom is -0.478 e. The number of benzene rings is 1. The number of aromatic nitrogens is 2. The van der Waals surface area contributed by atoms with Crippen molar-refractivity contribution >= 4 is 15.8 Å². The van der Waals surface area contributed by atoms with Crippen molar-refractivity contribution < 1.29 is 22.8 Å².